The number of carbonyl (C=O) groups is 2. The summed E-state index contributed by atoms with van der Waals surface area (Å²) in [5, 5.41) is 16.7. The highest BCUT2D eigenvalue weighted by Crippen LogP contribution is 2.43. The zero-order valence-corrected chi connectivity index (χ0v) is 20.9. The minimum atomic E-state index is -1.38. The van der Waals surface area contributed by atoms with Crippen molar-refractivity contribution in [1.29, 1.82) is 5.41 Å². The van der Waals surface area contributed by atoms with Crippen LogP contribution in [0.25, 0.3) is 10.9 Å². The van der Waals surface area contributed by atoms with E-state index in [1.54, 1.807) is 14.4 Å². The van der Waals surface area contributed by atoms with Gasteiger partial charge in [-0.15, -0.1) is 0 Å². The molecule has 14 nitrogen and oxygen atoms in total. The Hall–Kier alpha value is -4.95. The minimum Gasteiger partial charge on any atom is -0.492 e. The van der Waals surface area contributed by atoms with Crippen LogP contribution in [0, 0.1) is 11.2 Å². The number of piperazine rings is 1. The number of imidazole rings is 1. The van der Waals surface area contributed by atoms with Gasteiger partial charge in [0.05, 0.1) is 24.2 Å². The number of aromatic amines is 1. The van der Waals surface area contributed by atoms with E-state index in [1.165, 1.54) is 19.5 Å². The number of nitrogens with two attached hydrogens (primary N) is 2. The molecule has 1 aliphatic carbocycles. The number of amides is 1. The van der Waals surface area contributed by atoms with Crippen molar-refractivity contribution in [3.05, 3.63) is 45.8 Å². The Kier molecular flexibility index (Phi) is 6.41. The molecule has 0 unspecified atom stereocenters. The van der Waals surface area contributed by atoms with Crippen LogP contribution in [0.1, 0.15) is 39.7 Å². The lowest BCUT2D eigenvalue weighted by Gasteiger charge is -2.36. The third-order valence-corrected chi connectivity index (χ3v) is 6.75. The summed E-state index contributed by atoms with van der Waals surface area (Å²) in [7, 11) is 1.38. The summed E-state index contributed by atoms with van der Waals surface area (Å²) in [6.45, 7) is 1.03. The highest BCUT2D eigenvalue weighted by molar-refractivity contribution is 6.38. The van der Waals surface area contributed by atoms with Crippen LogP contribution < -0.4 is 26.5 Å². The number of halogens is 1. The van der Waals surface area contributed by atoms with Gasteiger partial charge < -0.3 is 40.7 Å². The Balaban J connectivity index is 1.43. The zero-order chi connectivity index (χ0) is 28.0. The Bertz CT molecular complexity index is 1600. The first kappa shape index (κ1) is 25.7. The first-order valence-corrected chi connectivity index (χ1v) is 12.1. The molecule has 3 aromatic rings. The Morgan fingerprint density at radius 1 is 1.26 bits per heavy atom. The maximum absolute atomic E-state index is 15.5. The maximum Gasteiger partial charge on any atom is 0.341 e. The molecule has 2 fully saturated rings. The normalized spacial score (nSPS) is 16.0. The number of hydrogen-bond acceptors (Lipinski definition) is 8. The van der Waals surface area contributed by atoms with Crippen LogP contribution in [0.5, 0.6) is 5.75 Å². The van der Waals surface area contributed by atoms with E-state index in [0.717, 1.165) is 18.9 Å². The first-order chi connectivity index (χ1) is 18.6. The van der Waals surface area contributed by atoms with Crippen molar-refractivity contribution in [1.82, 2.24) is 19.4 Å². The summed E-state index contributed by atoms with van der Waals surface area (Å²) in [4.78, 5) is 51.4. The van der Waals surface area contributed by atoms with E-state index < -0.39 is 28.6 Å². The zero-order valence-electron chi connectivity index (χ0n) is 20.9. The number of nitrogens with zero attached hydrogens (tertiary/aromatic N) is 5. The number of amidine groups is 2. The topological polar surface area (TPSA) is 209 Å². The monoisotopic (exact) mass is 539 g/mol. The van der Waals surface area contributed by atoms with Crippen molar-refractivity contribution in [3.63, 3.8) is 0 Å². The van der Waals surface area contributed by atoms with E-state index in [0.29, 0.717) is 5.52 Å². The van der Waals surface area contributed by atoms with Gasteiger partial charge in [0.2, 0.25) is 11.4 Å². The number of aromatic carboxylic acids is 1. The number of aromatic nitrogens is 3. The van der Waals surface area contributed by atoms with Crippen LogP contribution >= 0.6 is 0 Å². The van der Waals surface area contributed by atoms with Gasteiger partial charge in [-0.3, -0.25) is 15.0 Å². The minimum absolute atomic E-state index is 0.0118. The summed E-state index contributed by atoms with van der Waals surface area (Å²) in [6, 6.07) is 1.06. The number of fused-ring (bicyclic) bond motifs is 1. The number of carboxylic acid groups (broad SMARTS) is 1. The number of benzene rings is 1. The first-order valence-electron chi connectivity index (χ1n) is 12.1. The van der Waals surface area contributed by atoms with Gasteiger partial charge >= 0.3 is 5.97 Å². The fourth-order valence-electron chi connectivity index (χ4n) is 4.68. The maximum atomic E-state index is 15.5. The van der Waals surface area contributed by atoms with Crippen LogP contribution in [0.2, 0.25) is 0 Å². The van der Waals surface area contributed by atoms with E-state index in [-0.39, 0.29) is 72.4 Å². The number of carbonyl (C=O) groups excluding carboxylic acids is 1. The van der Waals surface area contributed by atoms with Gasteiger partial charge in [-0.1, -0.05) is 0 Å². The number of rotatable bonds is 6. The smallest absolute Gasteiger partial charge is 0.341 e. The largest absolute Gasteiger partial charge is 0.492 e. The molecule has 0 atom stereocenters. The van der Waals surface area contributed by atoms with Crippen molar-refractivity contribution in [3.8, 4) is 5.75 Å². The van der Waals surface area contributed by atoms with Crippen LogP contribution in [0.15, 0.2) is 28.2 Å². The number of aliphatic imine (C=N–C) groups is 1. The molecule has 15 heteroatoms. The number of H-pyrrole nitrogens is 1. The molecule has 39 heavy (non-hydrogen) atoms. The number of ether oxygens (including phenoxy) is 1. The van der Waals surface area contributed by atoms with Crippen LogP contribution in [0.4, 0.5) is 16.0 Å². The van der Waals surface area contributed by atoms with Crippen LogP contribution in [-0.4, -0.2) is 81.4 Å². The fraction of sp³-hybridized carbons (Fsp3) is 0.333. The summed E-state index contributed by atoms with van der Waals surface area (Å²) in [6.07, 6.45) is 4.21. The average molecular weight is 540 g/mol. The number of anilines is 1. The Morgan fingerprint density at radius 3 is 2.54 bits per heavy atom. The SMILES string of the molecule is COc1c(N2CCN(C(=O)c3cnc(N=C(N)C(=N)N)[nH]3)CC2)c(F)cc2c(=O)c(C(=O)O)cn(C3CC3)c12. The fourth-order valence-corrected chi connectivity index (χ4v) is 4.68. The summed E-state index contributed by atoms with van der Waals surface area (Å²) < 4.78 is 22.9. The van der Waals surface area contributed by atoms with Crippen molar-refractivity contribution in [2.75, 3.05) is 38.2 Å². The molecule has 0 radical (unpaired) electrons. The highest BCUT2D eigenvalue weighted by Gasteiger charge is 2.33. The molecule has 1 aromatic carbocycles. The van der Waals surface area contributed by atoms with Gasteiger partial charge in [-0.2, -0.15) is 4.99 Å². The molecule has 1 saturated heterocycles. The lowest BCUT2D eigenvalue weighted by molar-refractivity contribution is 0.0693. The molecule has 3 heterocycles. The lowest BCUT2D eigenvalue weighted by atomic mass is 10.1. The van der Waals surface area contributed by atoms with Gasteiger partial charge in [-0.05, 0) is 18.9 Å². The van der Waals surface area contributed by atoms with E-state index in [4.69, 9.17) is 21.6 Å². The third-order valence-electron chi connectivity index (χ3n) is 6.75. The second-order valence-electron chi connectivity index (χ2n) is 9.26. The molecule has 1 saturated carbocycles. The van der Waals surface area contributed by atoms with Crippen molar-refractivity contribution in [2.45, 2.75) is 18.9 Å². The Labute approximate surface area is 220 Å². The summed E-state index contributed by atoms with van der Waals surface area (Å²) in [5.41, 5.74) is 10.3. The number of nitrogens with one attached hydrogen (secondary N) is 2. The average Bonchev–Trinajstić information content (AvgIpc) is 3.65. The van der Waals surface area contributed by atoms with E-state index in [2.05, 4.69) is 15.0 Å². The van der Waals surface area contributed by atoms with Crippen molar-refractivity contribution in [2.24, 2.45) is 16.5 Å². The third kappa shape index (κ3) is 4.62. The lowest BCUT2D eigenvalue weighted by Crippen LogP contribution is -2.49. The molecule has 1 aliphatic heterocycles. The van der Waals surface area contributed by atoms with Crippen molar-refractivity contribution < 1.29 is 23.8 Å². The van der Waals surface area contributed by atoms with Crippen LogP contribution in [0.3, 0.4) is 0 Å². The Morgan fingerprint density at radius 2 is 1.95 bits per heavy atom. The number of carboxylic acids is 1. The number of methoxy groups -OCH3 is 1. The second-order valence-corrected chi connectivity index (χ2v) is 9.26. The molecule has 7 N–H and O–H groups in total. The van der Waals surface area contributed by atoms with Crippen molar-refractivity contribution >= 4 is 46.1 Å². The molecule has 204 valence electrons. The highest BCUT2D eigenvalue weighted by atomic mass is 19.1. The molecule has 2 aromatic heterocycles. The summed E-state index contributed by atoms with van der Waals surface area (Å²) >= 11 is 0. The molecule has 0 spiro atoms. The second kappa shape index (κ2) is 9.74. The predicted molar refractivity (Wildman–Crippen MR) is 140 cm³/mol. The van der Waals surface area contributed by atoms with E-state index >= 15 is 4.39 Å². The molecule has 2 aliphatic rings. The van der Waals surface area contributed by atoms with Gasteiger partial charge in [0.15, 0.2) is 23.2 Å². The standard InChI is InChI=1S/C24H26FN9O5/c1-39-19-16-12(18(35)13(23(37)38)10-34(16)11-2-3-11)8-14(25)17(19)32-4-6-33(7-5-32)22(36)15-9-29-24(30-15)31-21(28)20(26)27/h8-11H,2-7H2,1H3,(H3,26,27)(H,37,38)(H3,28,29,30,31). The predicted octanol–water partition coefficient (Wildman–Crippen LogP) is 0.792. The molecular formula is C24H26FN9O5. The molecule has 1 amide bonds. The van der Waals surface area contributed by atoms with Gasteiger partial charge in [0.1, 0.15) is 16.9 Å². The van der Waals surface area contributed by atoms with E-state index in [1.807, 2.05) is 0 Å². The molecular weight excluding hydrogens is 513 g/mol. The quantitative estimate of drug-likeness (QED) is 0.221. The summed E-state index contributed by atoms with van der Waals surface area (Å²) in [5.74, 6) is -2.94. The van der Waals surface area contributed by atoms with Gasteiger partial charge in [0.25, 0.3) is 5.91 Å². The number of hydrogen-bond donors (Lipinski definition) is 5. The van der Waals surface area contributed by atoms with Gasteiger partial charge in [-0.25, -0.2) is 14.2 Å². The van der Waals surface area contributed by atoms with E-state index in [9.17, 15) is 19.5 Å². The van der Waals surface area contributed by atoms with Gasteiger partial charge in [0, 0.05) is 38.4 Å². The van der Waals surface area contributed by atoms with Crippen LogP contribution in [-0.2, 0) is 0 Å². The number of pyridine rings is 1. The molecule has 5 rings (SSSR count). The molecule has 0 bridgehead atoms.